The zero-order chi connectivity index (χ0) is 13.1. The molecule has 2 rings (SSSR count). The van der Waals surface area contributed by atoms with Crippen molar-refractivity contribution in [2.24, 2.45) is 17.8 Å². The summed E-state index contributed by atoms with van der Waals surface area (Å²) in [5.41, 5.74) is 0. The van der Waals surface area contributed by atoms with E-state index < -0.39 is 0 Å². The fourth-order valence-electron chi connectivity index (χ4n) is 3.12. The minimum atomic E-state index is 0.676. The monoisotopic (exact) mass is 285 g/mol. The zero-order valence-electron chi connectivity index (χ0n) is 11.6. The van der Waals surface area contributed by atoms with Gasteiger partial charge in [0.15, 0.2) is 0 Å². The summed E-state index contributed by atoms with van der Waals surface area (Å²) in [7, 11) is 0. The summed E-state index contributed by atoms with van der Waals surface area (Å²) >= 11 is 7.72. The summed E-state index contributed by atoms with van der Waals surface area (Å²) in [6, 6.07) is 2.75. The van der Waals surface area contributed by atoms with E-state index >= 15 is 0 Å². The predicted octanol–water partition coefficient (Wildman–Crippen LogP) is 4.95. The highest BCUT2D eigenvalue weighted by atomic mass is 35.5. The van der Waals surface area contributed by atoms with E-state index in [9.17, 15) is 0 Å². The second-order valence-electron chi connectivity index (χ2n) is 6.04. The van der Waals surface area contributed by atoms with E-state index in [0.717, 1.165) is 29.3 Å². The van der Waals surface area contributed by atoms with Gasteiger partial charge in [0.25, 0.3) is 0 Å². The Morgan fingerprint density at radius 3 is 2.83 bits per heavy atom. The van der Waals surface area contributed by atoms with Crippen LogP contribution < -0.4 is 5.32 Å². The van der Waals surface area contributed by atoms with Gasteiger partial charge in [0, 0.05) is 22.8 Å². The smallest absolute Gasteiger partial charge is 0.0516 e. The Kier molecular flexibility index (Phi) is 5.11. The lowest BCUT2D eigenvalue weighted by Crippen LogP contribution is -2.42. The van der Waals surface area contributed by atoms with Crippen LogP contribution in [0.5, 0.6) is 0 Å². The maximum atomic E-state index is 5.97. The van der Waals surface area contributed by atoms with Crippen molar-refractivity contribution >= 4 is 22.9 Å². The van der Waals surface area contributed by atoms with Gasteiger partial charge >= 0.3 is 0 Å². The molecule has 1 aromatic heterocycles. The lowest BCUT2D eigenvalue weighted by molar-refractivity contribution is 0.169. The highest BCUT2D eigenvalue weighted by Gasteiger charge is 2.30. The zero-order valence-corrected chi connectivity index (χ0v) is 13.2. The van der Waals surface area contributed by atoms with Gasteiger partial charge in [-0.25, -0.2) is 0 Å². The van der Waals surface area contributed by atoms with Crippen molar-refractivity contribution in [1.82, 2.24) is 5.32 Å². The molecule has 0 amide bonds. The minimum Gasteiger partial charge on any atom is -0.309 e. The van der Waals surface area contributed by atoms with Crippen LogP contribution >= 0.6 is 22.9 Å². The summed E-state index contributed by atoms with van der Waals surface area (Å²) in [6.07, 6.45) is 4.09. The molecule has 102 valence electrons. The molecule has 0 bridgehead atoms. The molecule has 18 heavy (non-hydrogen) atoms. The Morgan fingerprint density at radius 2 is 2.22 bits per heavy atom. The van der Waals surface area contributed by atoms with Crippen LogP contribution in [0.4, 0.5) is 0 Å². The van der Waals surface area contributed by atoms with E-state index in [1.807, 2.05) is 5.38 Å². The molecular weight excluding hydrogens is 262 g/mol. The van der Waals surface area contributed by atoms with Gasteiger partial charge in [-0.1, -0.05) is 38.8 Å². The van der Waals surface area contributed by atoms with Crippen LogP contribution in [-0.4, -0.2) is 6.04 Å². The Morgan fingerprint density at radius 1 is 1.44 bits per heavy atom. The van der Waals surface area contributed by atoms with Crippen molar-refractivity contribution in [2.45, 2.75) is 52.6 Å². The fraction of sp³-hybridized carbons (Fsp3) is 0.733. The summed E-state index contributed by atoms with van der Waals surface area (Å²) < 4.78 is 0. The van der Waals surface area contributed by atoms with Gasteiger partial charge in [-0.05, 0) is 36.7 Å². The average Bonchev–Trinajstić information content (AvgIpc) is 2.72. The Bertz CT molecular complexity index is 374. The van der Waals surface area contributed by atoms with Crippen LogP contribution in [0.2, 0.25) is 5.02 Å². The highest BCUT2D eigenvalue weighted by Crippen LogP contribution is 2.33. The van der Waals surface area contributed by atoms with E-state index in [-0.39, 0.29) is 0 Å². The van der Waals surface area contributed by atoms with Crippen LogP contribution in [0.25, 0.3) is 0 Å². The second-order valence-corrected chi connectivity index (χ2v) is 7.48. The number of hydrogen-bond acceptors (Lipinski definition) is 2. The normalized spacial score (nSPS) is 28.8. The molecule has 1 N–H and O–H groups in total. The van der Waals surface area contributed by atoms with E-state index in [0.29, 0.717) is 6.04 Å². The Labute approximate surface area is 120 Å². The van der Waals surface area contributed by atoms with Crippen molar-refractivity contribution < 1.29 is 0 Å². The summed E-state index contributed by atoms with van der Waals surface area (Å²) in [5.74, 6) is 2.47. The molecule has 3 unspecified atom stereocenters. The molecule has 1 nitrogen and oxygen atoms in total. The summed E-state index contributed by atoms with van der Waals surface area (Å²) in [5, 5.41) is 6.65. The standard InChI is InChI=1S/C15H24ClNS/c1-10(2)14-5-4-11(3)6-15(14)17-8-13-7-12(16)9-18-13/h7,9-11,14-15,17H,4-6,8H2,1-3H3. The van der Waals surface area contributed by atoms with E-state index in [2.05, 4.69) is 32.2 Å². The van der Waals surface area contributed by atoms with Crippen LogP contribution in [0.15, 0.2) is 11.4 Å². The Hall–Kier alpha value is -0.0500. The first-order valence-electron chi connectivity index (χ1n) is 7.02. The quantitative estimate of drug-likeness (QED) is 0.825. The molecule has 1 aliphatic carbocycles. The maximum Gasteiger partial charge on any atom is 0.0516 e. The highest BCUT2D eigenvalue weighted by molar-refractivity contribution is 7.10. The number of halogens is 1. The molecule has 1 aromatic rings. The van der Waals surface area contributed by atoms with Crippen molar-refractivity contribution in [3.8, 4) is 0 Å². The van der Waals surface area contributed by atoms with Gasteiger partial charge in [0.1, 0.15) is 0 Å². The summed E-state index contributed by atoms with van der Waals surface area (Å²) in [6.45, 7) is 8.07. The molecule has 1 saturated carbocycles. The third kappa shape index (κ3) is 3.72. The van der Waals surface area contributed by atoms with Crippen molar-refractivity contribution in [2.75, 3.05) is 0 Å². The molecule has 1 aliphatic rings. The van der Waals surface area contributed by atoms with Crippen molar-refractivity contribution in [1.29, 1.82) is 0 Å². The molecule has 0 aliphatic heterocycles. The minimum absolute atomic E-state index is 0.676. The van der Waals surface area contributed by atoms with Gasteiger partial charge < -0.3 is 5.32 Å². The predicted molar refractivity (Wildman–Crippen MR) is 81.3 cm³/mol. The molecule has 1 heterocycles. The second kappa shape index (κ2) is 6.40. The van der Waals surface area contributed by atoms with E-state index in [1.54, 1.807) is 11.3 Å². The number of thiophene rings is 1. The first kappa shape index (κ1) is 14.4. The Balaban J connectivity index is 1.92. The van der Waals surface area contributed by atoms with Gasteiger partial charge in [0.2, 0.25) is 0 Å². The van der Waals surface area contributed by atoms with Crippen LogP contribution in [0, 0.1) is 17.8 Å². The van der Waals surface area contributed by atoms with Crippen LogP contribution in [0.3, 0.4) is 0 Å². The molecule has 0 aromatic carbocycles. The molecule has 3 heteroatoms. The molecular formula is C15H24ClNS. The molecule has 0 spiro atoms. The molecule has 0 radical (unpaired) electrons. The first-order chi connectivity index (χ1) is 8.56. The first-order valence-corrected chi connectivity index (χ1v) is 8.28. The van der Waals surface area contributed by atoms with Gasteiger partial charge in [-0.3, -0.25) is 0 Å². The van der Waals surface area contributed by atoms with Crippen molar-refractivity contribution in [3.63, 3.8) is 0 Å². The van der Waals surface area contributed by atoms with Gasteiger partial charge in [-0.15, -0.1) is 11.3 Å². The van der Waals surface area contributed by atoms with Gasteiger partial charge in [0.05, 0.1) is 5.02 Å². The third-order valence-electron chi connectivity index (χ3n) is 4.18. The third-order valence-corrected chi connectivity index (χ3v) is 5.47. The maximum absolute atomic E-state index is 5.97. The molecule has 3 atom stereocenters. The SMILES string of the molecule is CC1CCC(C(C)C)C(NCc2cc(Cl)cs2)C1. The molecule has 1 fully saturated rings. The summed E-state index contributed by atoms with van der Waals surface area (Å²) in [4.78, 5) is 1.35. The number of rotatable bonds is 4. The number of hydrogen-bond donors (Lipinski definition) is 1. The topological polar surface area (TPSA) is 12.0 Å². The van der Waals surface area contributed by atoms with Crippen LogP contribution in [0.1, 0.15) is 44.9 Å². The molecule has 0 saturated heterocycles. The average molecular weight is 286 g/mol. The largest absolute Gasteiger partial charge is 0.309 e. The van der Waals surface area contributed by atoms with Crippen LogP contribution in [-0.2, 0) is 6.54 Å². The fourth-order valence-corrected chi connectivity index (χ4v) is 4.14. The van der Waals surface area contributed by atoms with Gasteiger partial charge in [-0.2, -0.15) is 0 Å². The van der Waals surface area contributed by atoms with E-state index in [1.165, 1.54) is 24.1 Å². The lowest BCUT2D eigenvalue weighted by Gasteiger charge is -2.38. The van der Waals surface area contributed by atoms with Crippen molar-refractivity contribution in [3.05, 3.63) is 21.3 Å². The lowest BCUT2D eigenvalue weighted by atomic mass is 9.74. The van der Waals surface area contributed by atoms with E-state index in [4.69, 9.17) is 11.6 Å². The number of nitrogens with one attached hydrogen (secondary N) is 1.